The number of aromatic nitrogens is 4. The van der Waals surface area contributed by atoms with Crippen molar-refractivity contribution in [3.05, 3.63) is 41.2 Å². The van der Waals surface area contributed by atoms with Crippen molar-refractivity contribution in [2.24, 2.45) is 0 Å². The highest BCUT2D eigenvalue weighted by Gasteiger charge is 2.17. The van der Waals surface area contributed by atoms with Gasteiger partial charge >= 0.3 is 5.97 Å². The van der Waals surface area contributed by atoms with E-state index in [1.807, 2.05) is 0 Å². The summed E-state index contributed by atoms with van der Waals surface area (Å²) in [6, 6.07) is 8.67. The monoisotopic (exact) mass is 346 g/mol. The zero-order valence-corrected chi connectivity index (χ0v) is 16.4. The molecule has 1 aromatic heterocycles. The molecule has 0 atom stereocenters. The molecule has 0 unspecified atom stereocenters. The van der Waals surface area contributed by atoms with Crippen molar-refractivity contribution in [1.29, 1.82) is 0 Å². The Kier molecular flexibility index (Phi) is 6.85. The minimum absolute atomic E-state index is 0.124. The normalized spacial score (nSPS) is 11.6. The second-order valence-corrected chi connectivity index (χ2v) is 8.04. The van der Waals surface area contributed by atoms with Crippen LogP contribution in [0.15, 0.2) is 24.3 Å². The van der Waals surface area contributed by atoms with E-state index in [2.05, 4.69) is 81.2 Å². The number of aliphatic carboxylic acids is 1. The van der Waals surface area contributed by atoms with Gasteiger partial charge in [-0.1, -0.05) is 52.0 Å². The van der Waals surface area contributed by atoms with Crippen LogP contribution in [-0.2, 0) is 22.2 Å². The lowest BCUT2D eigenvalue weighted by atomic mass is 9.86. The smallest absolute Gasteiger partial charge is 0.303 e. The predicted molar refractivity (Wildman–Crippen MR) is 98.7 cm³/mol. The average Bonchev–Trinajstić information content (AvgIpc) is 2.96. The van der Waals surface area contributed by atoms with Crippen molar-refractivity contribution >= 4 is 5.97 Å². The number of hydrogen-bond acceptors (Lipinski definition) is 4. The van der Waals surface area contributed by atoms with Crippen molar-refractivity contribution < 1.29 is 9.90 Å². The summed E-state index contributed by atoms with van der Waals surface area (Å²) in [5.41, 5.74) is 2.62. The van der Waals surface area contributed by atoms with Gasteiger partial charge in [0, 0.05) is 12.8 Å². The summed E-state index contributed by atoms with van der Waals surface area (Å²) in [7, 11) is 0. The second kappa shape index (κ2) is 8.23. The number of rotatable bonds is 3. The lowest BCUT2D eigenvalue weighted by molar-refractivity contribution is -0.136. The highest BCUT2D eigenvalue weighted by atomic mass is 16.4. The van der Waals surface area contributed by atoms with E-state index in [0.717, 1.165) is 12.2 Å². The Morgan fingerprint density at radius 1 is 1.08 bits per heavy atom. The third kappa shape index (κ3) is 7.03. The molecule has 0 aliphatic carbocycles. The largest absolute Gasteiger partial charge is 0.481 e. The summed E-state index contributed by atoms with van der Waals surface area (Å²) in [6.07, 6.45) is 0.945. The molecule has 0 aliphatic heterocycles. The molecule has 6 heteroatoms. The molecule has 1 aromatic carbocycles. The van der Waals surface area contributed by atoms with Crippen molar-refractivity contribution in [3.63, 3.8) is 0 Å². The molecule has 2 aromatic rings. The summed E-state index contributed by atoms with van der Waals surface area (Å²) in [5, 5.41) is 20.4. The van der Waals surface area contributed by atoms with Gasteiger partial charge in [0.05, 0.1) is 5.54 Å². The van der Waals surface area contributed by atoms with E-state index in [9.17, 15) is 4.79 Å². The van der Waals surface area contributed by atoms with E-state index in [1.165, 1.54) is 11.1 Å². The van der Waals surface area contributed by atoms with Crippen LogP contribution in [0.25, 0.3) is 0 Å². The van der Waals surface area contributed by atoms with Gasteiger partial charge in [0.1, 0.15) is 0 Å². The van der Waals surface area contributed by atoms with Gasteiger partial charge in [0.15, 0.2) is 5.82 Å². The maximum absolute atomic E-state index is 9.37. The molecule has 0 amide bonds. The summed E-state index contributed by atoms with van der Waals surface area (Å²) in [6.45, 7) is 14.5. The Bertz CT molecular complexity index is 677. The van der Waals surface area contributed by atoms with E-state index >= 15 is 0 Å². The summed E-state index contributed by atoms with van der Waals surface area (Å²) in [5.74, 6) is 0.0217. The molecule has 0 saturated carbocycles. The summed E-state index contributed by atoms with van der Waals surface area (Å²) < 4.78 is 0. The first kappa shape index (κ1) is 20.8. The van der Waals surface area contributed by atoms with Crippen LogP contribution in [-0.4, -0.2) is 31.3 Å². The number of nitrogens with zero attached hydrogens (tertiary/aromatic N) is 4. The van der Waals surface area contributed by atoms with Crippen LogP contribution in [0.2, 0.25) is 0 Å². The predicted octanol–water partition coefficient (Wildman–Crippen LogP) is 3.80. The fraction of sp³-hybridized carbons (Fsp3) is 0.579. The summed E-state index contributed by atoms with van der Waals surface area (Å²) in [4.78, 5) is 11.0. The number of benzene rings is 1. The fourth-order valence-corrected chi connectivity index (χ4v) is 1.90. The zero-order chi connectivity index (χ0) is 19.3. The molecule has 0 spiro atoms. The molecule has 0 radical (unpaired) electrons. The van der Waals surface area contributed by atoms with Crippen molar-refractivity contribution in [3.8, 4) is 0 Å². The molecule has 2 rings (SSSR count). The molecule has 1 N–H and O–H groups in total. The van der Waals surface area contributed by atoms with Gasteiger partial charge in [-0.3, -0.25) is 4.79 Å². The number of carboxylic acid groups (broad SMARTS) is 1. The van der Waals surface area contributed by atoms with Crippen LogP contribution in [0.1, 0.15) is 71.8 Å². The van der Waals surface area contributed by atoms with E-state index in [0.29, 0.717) is 0 Å². The minimum atomic E-state index is -0.745. The van der Waals surface area contributed by atoms with E-state index < -0.39 is 5.97 Å². The first-order chi connectivity index (χ1) is 11.4. The van der Waals surface area contributed by atoms with Crippen molar-refractivity contribution in [2.75, 3.05) is 0 Å². The highest BCUT2D eigenvalue weighted by Crippen LogP contribution is 2.22. The zero-order valence-electron chi connectivity index (χ0n) is 16.4. The number of tetrazole rings is 1. The standard InChI is InChI=1S/C16H24N4.C3H6O2/c1-15(2,3)13-9-7-12(8-10-13)11-14-17-19-20(18-14)16(4,5)6;1-2-3(4)5/h7-10H,11H2,1-6H3;2H2,1H3,(H,4,5). The van der Waals surface area contributed by atoms with Gasteiger partial charge in [0.2, 0.25) is 0 Å². The lowest BCUT2D eigenvalue weighted by Crippen LogP contribution is -2.24. The Morgan fingerprint density at radius 2 is 1.60 bits per heavy atom. The van der Waals surface area contributed by atoms with Crippen LogP contribution in [0.3, 0.4) is 0 Å². The van der Waals surface area contributed by atoms with E-state index in [-0.39, 0.29) is 17.4 Å². The first-order valence-electron chi connectivity index (χ1n) is 8.54. The third-order valence-electron chi connectivity index (χ3n) is 3.54. The highest BCUT2D eigenvalue weighted by molar-refractivity contribution is 5.66. The van der Waals surface area contributed by atoms with E-state index in [4.69, 9.17) is 5.11 Å². The molecule has 0 aliphatic rings. The van der Waals surface area contributed by atoms with Gasteiger partial charge in [-0.05, 0) is 42.5 Å². The van der Waals surface area contributed by atoms with Crippen LogP contribution < -0.4 is 0 Å². The van der Waals surface area contributed by atoms with Crippen LogP contribution in [0.4, 0.5) is 0 Å². The molecule has 0 bridgehead atoms. The number of carboxylic acids is 1. The van der Waals surface area contributed by atoms with Crippen LogP contribution in [0, 0.1) is 0 Å². The lowest BCUT2D eigenvalue weighted by Gasteiger charge is -2.19. The average molecular weight is 346 g/mol. The Hall–Kier alpha value is -2.24. The van der Waals surface area contributed by atoms with Gasteiger partial charge in [-0.2, -0.15) is 4.80 Å². The maximum atomic E-state index is 9.37. The van der Waals surface area contributed by atoms with Crippen molar-refractivity contribution in [2.45, 2.75) is 72.3 Å². The molecular formula is C19H30N4O2. The molecular weight excluding hydrogens is 316 g/mol. The van der Waals surface area contributed by atoms with Gasteiger partial charge in [0.25, 0.3) is 0 Å². The third-order valence-corrected chi connectivity index (χ3v) is 3.54. The van der Waals surface area contributed by atoms with Gasteiger partial charge in [-0.25, -0.2) is 0 Å². The van der Waals surface area contributed by atoms with E-state index in [1.54, 1.807) is 11.7 Å². The number of hydrogen-bond donors (Lipinski definition) is 1. The van der Waals surface area contributed by atoms with Gasteiger partial charge < -0.3 is 5.11 Å². The Labute approximate surface area is 150 Å². The Morgan fingerprint density at radius 3 is 1.96 bits per heavy atom. The van der Waals surface area contributed by atoms with Gasteiger partial charge in [-0.15, -0.1) is 10.2 Å². The maximum Gasteiger partial charge on any atom is 0.303 e. The van der Waals surface area contributed by atoms with Crippen LogP contribution >= 0.6 is 0 Å². The molecule has 1 heterocycles. The minimum Gasteiger partial charge on any atom is -0.481 e. The molecule has 6 nitrogen and oxygen atoms in total. The molecule has 25 heavy (non-hydrogen) atoms. The summed E-state index contributed by atoms with van der Waals surface area (Å²) >= 11 is 0. The fourth-order valence-electron chi connectivity index (χ4n) is 1.90. The first-order valence-corrected chi connectivity index (χ1v) is 8.54. The second-order valence-electron chi connectivity index (χ2n) is 8.04. The molecule has 0 fully saturated rings. The van der Waals surface area contributed by atoms with Crippen molar-refractivity contribution in [1.82, 2.24) is 20.2 Å². The molecule has 138 valence electrons. The Balaban J connectivity index is 0.000000550. The number of carbonyl (C=O) groups is 1. The quantitative estimate of drug-likeness (QED) is 0.914. The molecule has 0 saturated heterocycles. The SMILES string of the molecule is CC(C)(C)c1ccc(Cc2nnn(C(C)(C)C)n2)cc1.CCC(=O)O. The van der Waals surface area contributed by atoms with Crippen LogP contribution in [0.5, 0.6) is 0 Å². The topological polar surface area (TPSA) is 80.9 Å².